The van der Waals surface area contributed by atoms with Gasteiger partial charge in [-0.3, -0.25) is 0 Å². The number of hydrogen-bond donors (Lipinski definition) is 1. The van der Waals surface area contributed by atoms with Crippen molar-refractivity contribution in [2.75, 3.05) is 47.7 Å². The van der Waals surface area contributed by atoms with Crippen molar-refractivity contribution >= 4 is 0 Å². The number of rotatable bonds is 11. The van der Waals surface area contributed by atoms with Gasteiger partial charge in [-0.2, -0.15) is 0 Å². The molecule has 1 atom stereocenters. The fourth-order valence-corrected chi connectivity index (χ4v) is 2.02. The monoisotopic (exact) mass is 297 g/mol. The summed E-state index contributed by atoms with van der Waals surface area (Å²) in [6, 6.07) is 6.10. The van der Waals surface area contributed by atoms with E-state index in [0.29, 0.717) is 13.2 Å². The highest BCUT2D eigenvalue weighted by Crippen LogP contribution is 2.29. The van der Waals surface area contributed by atoms with Crippen molar-refractivity contribution in [3.05, 3.63) is 23.8 Å². The predicted octanol–water partition coefficient (Wildman–Crippen LogP) is 2.41. The number of nitrogens with one attached hydrogen (secondary N) is 1. The first-order chi connectivity index (χ1) is 10.2. The van der Waals surface area contributed by atoms with Crippen LogP contribution in [0.1, 0.15) is 24.9 Å². The highest BCUT2D eigenvalue weighted by molar-refractivity contribution is 5.42. The minimum atomic E-state index is 0.213. The van der Waals surface area contributed by atoms with Gasteiger partial charge in [0.25, 0.3) is 0 Å². The molecule has 1 unspecified atom stereocenters. The van der Waals surface area contributed by atoms with Crippen molar-refractivity contribution < 1.29 is 18.9 Å². The Morgan fingerprint density at radius 3 is 2.52 bits per heavy atom. The zero-order valence-electron chi connectivity index (χ0n) is 13.5. The smallest absolute Gasteiger partial charge is 0.127 e. The molecule has 1 rings (SSSR count). The van der Waals surface area contributed by atoms with E-state index in [1.54, 1.807) is 21.3 Å². The van der Waals surface area contributed by atoms with Crippen LogP contribution in [0.2, 0.25) is 0 Å². The Kier molecular flexibility index (Phi) is 8.82. The largest absolute Gasteiger partial charge is 0.497 e. The molecule has 0 fully saturated rings. The van der Waals surface area contributed by atoms with Gasteiger partial charge < -0.3 is 24.3 Å². The van der Waals surface area contributed by atoms with Crippen LogP contribution in [0.4, 0.5) is 0 Å². The lowest BCUT2D eigenvalue weighted by Crippen LogP contribution is -2.21. The van der Waals surface area contributed by atoms with Crippen molar-refractivity contribution in [3.8, 4) is 11.5 Å². The standard InChI is InChI=1S/C16H27NO4/c1-13(17-8-5-9-21-11-10-18-2)15-7-6-14(19-3)12-16(15)20-4/h6-7,12-13,17H,5,8-11H2,1-4H3. The maximum atomic E-state index is 5.43. The summed E-state index contributed by atoms with van der Waals surface area (Å²) in [5, 5.41) is 3.47. The van der Waals surface area contributed by atoms with Crippen LogP contribution in [0.3, 0.4) is 0 Å². The molecule has 0 amide bonds. The summed E-state index contributed by atoms with van der Waals surface area (Å²) in [7, 11) is 5.00. The molecular weight excluding hydrogens is 270 g/mol. The summed E-state index contributed by atoms with van der Waals surface area (Å²) in [6.07, 6.45) is 0.965. The SMILES string of the molecule is COCCOCCCNC(C)c1ccc(OC)cc1OC. The van der Waals surface area contributed by atoms with Crippen LogP contribution >= 0.6 is 0 Å². The van der Waals surface area contributed by atoms with E-state index in [4.69, 9.17) is 18.9 Å². The van der Waals surface area contributed by atoms with Gasteiger partial charge >= 0.3 is 0 Å². The Balaban J connectivity index is 2.36. The van der Waals surface area contributed by atoms with Gasteiger partial charge in [0.05, 0.1) is 27.4 Å². The summed E-state index contributed by atoms with van der Waals surface area (Å²) in [6.45, 7) is 5.05. The van der Waals surface area contributed by atoms with E-state index < -0.39 is 0 Å². The minimum Gasteiger partial charge on any atom is -0.497 e. The van der Waals surface area contributed by atoms with E-state index in [9.17, 15) is 0 Å². The normalized spacial score (nSPS) is 12.2. The van der Waals surface area contributed by atoms with Crippen LogP contribution in [0.5, 0.6) is 11.5 Å². The lowest BCUT2D eigenvalue weighted by Gasteiger charge is -2.18. The highest BCUT2D eigenvalue weighted by atomic mass is 16.5. The van der Waals surface area contributed by atoms with Gasteiger partial charge in [-0.1, -0.05) is 6.07 Å². The third-order valence-corrected chi connectivity index (χ3v) is 3.25. The van der Waals surface area contributed by atoms with Gasteiger partial charge in [-0.15, -0.1) is 0 Å². The molecule has 0 radical (unpaired) electrons. The first-order valence-electron chi connectivity index (χ1n) is 7.25. The van der Waals surface area contributed by atoms with Gasteiger partial charge in [-0.05, 0) is 26.0 Å². The summed E-state index contributed by atoms with van der Waals surface area (Å²) in [4.78, 5) is 0. The second-order valence-corrected chi connectivity index (χ2v) is 4.74. The van der Waals surface area contributed by atoms with E-state index in [1.165, 1.54) is 0 Å². The fraction of sp³-hybridized carbons (Fsp3) is 0.625. The molecule has 0 saturated carbocycles. The number of ether oxygens (including phenoxy) is 4. The fourth-order valence-electron chi connectivity index (χ4n) is 2.02. The van der Waals surface area contributed by atoms with E-state index >= 15 is 0 Å². The molecule has 5 heteroatoms. The molecule has 1 N–H and O–H groups in total. The molecule has 1 aromatic rings. The van der Waals surface area contributed by atoms with E-state index in [-0.39, 0.29) is 6.04 Å². The molecule has 21 heavy (non-hydrogen) atoms. The van der Waals surface area contributed by atoms with Gasteiger partial charge in [0.2, 0.25) is 0 Å². The summed E-state index contributed by atoms with van der Waals surface area (Å²) in [5.41, 5.74) is 1.12. The van der Waals surface area contributed by atoms with E-state index in [2.05, 4.69) is 12.2 Å². The average molecular weight is 297 g/mol. The average Bonchev–Trinajstić information content (AvgIpc) is 2.53. The second-order valence-electron chi connectivity index (χ2n) is 4.74. The molecular formula is C16H27NO4. The van der Waals surface area contributed by atoms with E-state index in [0.717, 1.165) is 36.6 Å². The quantitative estimate of drug-likeness (QED) is 0.636. The van der Waals surface area contributed by atoms with Crippen LogP contribution in [-0.4, -0.2) is 47.7 Å². The maximum Gasteiger partial charge on any atom is 0.127 e. The lowest BCUT2D eigenvalue weighted by atomic mass is 10.1. The Hall–Kier alpha value is -1.30. The topological polar surface area (TPSA) is 49.0 Å². The molecule has 0 bridgehead atoms. The molecule has 0 saturated heterocycles. The molecule has 0 aromatic heterocycles. The van der Waals surface area contributed by atoms with Gasteiger partial charge in [0, 0.05) is 31.4 Å². The third-order valence-electron chi connectivity index (χ3n) is 3.25. The Labute approximate surface area is 127 Å². The number of methoxy groups -OCH3 is 3. The maximum absolute atomic E-state index is 5.43. The van der Waals surface area contributed by atoms with Gasteiger partial charge in [-0.25, -0.2) is 0 Å². The zero-order valence-corrected chi connectivity index (χ0v) is 13.5. The van der Waals surface area contributed by atoms with Gasteiger partial charge in [0.1, 0.15) is 11.5 Å². The molecule has 1 aromatic carbocycles. The molecule has 5 nitrogen and oxygen atoms in total. The Bertz CT molecular complexity index is 398. The molecule has 0 spiro atoms. The first-order valence-corrected chi connectivity index (χ1v) is 7.25. The highest BCUT2D eigenvalue weighted by Gasteiger charge is 2.11. The van der Waals surface area contributed by atoms with Gasteiger partial charge in [0.15, 0.2) is 0 Å². The Morgan fingerprint density at radius 1 is 1.05 bits per heavy atom. The Morgan fingerprint density at radius 2 is 1.86 bits per heavy atom. The van der Waals surface area contributed by atoms with Crippen molar-refractivity contribution in [2.45, 2.75) is 19.4 Å². The van der Waals surface area contributed by atoms with Crippen LogP contribution in [0, 0.1) is 0 Å². The van der Waals surface area contributed by atoms with Crippen LogP contribution in [-0.2, 0) is 9.47 Å². The second kappa shape index (κ2) is 10.4. The van der Waals surface area contributed by atoms with Crippen LogP contribution in [0.25, 0.3) is 0 Å². The molecule has 120 valence electrons. The van der Waals surface area contributed by atoms with Crippen molar-refractivity contribution in [1.29, 1.82) is 0 Å². The lowest BCUT2D eigenvalue weighted by molar-refractivity contribution is 0.0693. The summed E-state index contributed by atoms with van der Waals surface area (Å²) in [5.74, 6) is 1.64. The van der Waals surface area contributed by atoms with Crippen LogP contribution < -0.4 is 14.8 Å². The predicted molar refractivity (Wildman–Crippen MR) is 83.3 cm³/mol. The summed E-state index contributed by atoms with van der Waals surface area (Å²) >= 11 is 0. The van der Waals surface area contributed by atoms with Crippen molar-refractivity contribution in [1.82, 2.24) is 5.32 Å². The minimum absolute atomic E-state index is 0.213. The molecule has 0 heterocycles. The van der Waals surface area contributed by atoms with Crippen molar-refractivity contribution in [2.24, 2.45) is 0 Å². The van der Waals surface area contributed by atoms with E-state index in [1.807, 2.05) is 18.2 Å². The molecule has 0 aliphatic rings. The number of hydrogen-bond acceptors (Lipinski definition) is 5. The zero-order chi connectivity index (χ0) is 15.5. The molecule has 0 aliphatic carbocycles. The third kappa shape index (κ3) is 6.33. The number of benzene rings is 1. The summed E-state index contributed by atoms with van der Waals surface area (Å²) < 4.78 is 21.0. The van der Waals surface area contributed by atoms with Crippen LogP contribution in [0.15, 0.2) is 18.2 Å². The van der Waals surface area contributed by atoms with Crippen molar-refractivity contribution in [3.63, 3.8) is 0 Å². The first kappa shape index (κ1) is 17.8. The molecule has 0 aliphatic heterocycles.